The molecule has 2 rings (SSSR count). The van der Waals surface area contributed by atoms with Crippen LogP contribution in [0.3, 0.4) is 0 Å². The van der Waals surface area contributed by atoms with Crippen LogP contribution in [-0.2, 0) is 0 Å². The second kappa shape index (κ2) is 4.27. The van der Waals surface area contributed by atoms with Gasteiger partial charge >= 0.3 is 0 Å². The molecule has 0 aliphatic heterocycles. The number of hydrogen-bond acceptors (Lipinski definition) is 2. The summed E-state index contributed by atoms with van der Waals surface area (Å²) in [7, 11) is 1.82. The van der Waals surface area contributed by atoms with Crippen LogP contribution in [0, 0.1) is 5.92 Å². The highest BCUT2D eigenvalue weighted by molar-refractivity contribution is 6.21. The molecule has 0 bridgehead atoms. The van der Waals surface area contributed by atoms with Gasteiger partial charge in [0.15, 0.2) is 0 Å². The smallest absolute Gasteiger partial charge is 0.256 e. The molecule has 0 spiro atoms. The Kier molecular flexibility index (Phi) is 3.00. The van der Waals surface area contributed by atoms with Gasteiger partial charge in [-0.1, -0.05) is 0 Å². The molecule has 0 radical (unpaired) electrons. The van der Waals surface area contributed by atoms with Crippen molar-refractivity contribution in [1.29, 1.82) is 0 Å². The van der Waals surface area contributed by atoms with E-state index in [1.165, 1.54) is 12.5 Å². The molecule has 1 aromatic rings. The molecule has 0 unspecified atom stereocenters. The third kappa shape index (κ3) is 2.34. The molecule has 82 valence electrons. The van der Waals surface area contributed by atoms with Crippen molar-refractivity contribution < 1.29 is 9.21 Å². The van der Waals surface area contributed by atoms with Crippen molar-refractivity contribution in [2.24, 2.45) is 5.92 Å². The number of furan rings is 1. The molecule has 1 aliphatic carbocycles. The fraction of sp³-hybridized carbons (Fsp3) is 0.545. The van der Waals surface area contributed by atoms with Crippen LogP contribution in [0.2, 0.25) is 0 Å². The predicted octanol–water partition coefficient (Wildman–Crippen LogP) is 2.37. The summed E-state index contributed by atoms with van der Waals surface area (Å²) in [5.41, 5.74) is 0.610. The number of halogens is 1. The largest absolute Gasteiger partial charge is 0.472 e. The zero-order chi connectivity index (χ0) is 10.8. The van der Waals surface area contributed by atoms with E-state index < -0.39 is 0 Å². The van der Waals surface area contributed by atoms with E-state index in [-0.39, 0.29) is 5.91 Å². The van der Waals surface area contributed by atoms with Crippen molar-refractivity contribution in [2.75, 3.05) is 13.6 Å². The molecule has 3 nitrogen and oxygen atoms in total. The lowest BCUT2D eigenvalue weighted by molar-refractivity contribution is 0.0746. The maximum Gasteiger partial charge on any atom is 0.256 e. The second-order valence-corrected chi connectivity index (χ2v) is 4.75. The van der Waals surface area contributed by atoms with Gasteiger partial charge in [-0.15, -0.1) is 11.6 Å². The third-order valence-corrected chi connectivity index (χ3v) is 3.18. The number of alkyl halides is 1. The summed E-state index contributed by atoms with van der Waals surface area (Å²) >= 11 is 5.89. The normalized spacial score (nSPS) is 24.7. The number of carbonyl (C=O) groups is 1. The summed E-state index contributed by atoms with van der Waals surface area (Å²) in [5.74, 6) is 0.579. The van der Waals surface area contributed by atoms with Crippen LogP contribution in [0.25, 0.3) is 0 Å². The van der Waals surface area contributed by atoms with Crippen molar-refractivity contribution in [3.63, 3.8) is 0 Å². The number of amides is 1. The van der Waals surface area contributed by atoms with Crippen LogP contribution in [-0.4, -0.2) is 29.8 Å². The minimum absolute atomic E-state index is 0.0155. The third-order valence-electron chi connectivity index (χ3n) is 2.83. The first kappa shape index (κ1) is 10.6. The Morgan fingerprint density at radius 1 is 1.67 bits per heavy atom. The fourth-order valence-electron chi connectivity index (χ4n) is 1.88. The molecule has 1 aliphatic rings. The lowest BCUT2D eigenvalue weighted by Crippen LogP contribution is -2.37. The predicted molar refractivity (Wildman–Crippen MR) is 58.0 cm³/mol. The Balaban J connectivity index is 1.86. The van der Waals surface area contributed by atoms with E-state index in [4.69, 9.17) is 16.0 Å². The topological polar surface area (TPSA) is 33.5 Å². The van der Waals surface area contributed by atoms with Gasteiger partial charge in [-0.25, -0.2) is 0 Å². The average Bonchev–Trinajstić information content (AvgIpc) is 2.66. The molecular weight excluding hydrogens is 214 g/mol. The zero-order valence-corrected chi connectivity index (χ0v) is 9.41. The van der Waals surface area contributed by atoms with E-state index in [1.807, 2.05) is 7.05 Å². The van der Waals surface area contributed by atoms with Crippen LogP contribution in [0.1, 0.15) is 23.2 Å². The van der Waals surface area contributed by atoms with Crippen molar-refractivity contribution in [3.05, 3.63) is 24.2 Å². The fourth-order valence-corrected chi connectivity index (χ4v) is 2.38. The molecule has 0 N–H and O–H groups in total. The first-order chi connectivity index (χ1) is 7.16. The molecule has 1 heterocycles. The monoisotopic (exact) mass is 227 g/mol. The molecule has 1 aromatic heterocycles. The molecule has 1 amide bonds. The first-order valence-electron chi connectivity index (χ1n) is 5.08. The highest BCUT2D eigenvalue weighted by Gasteiger charge is 2.29. The lowest BCUT2D eigenvalue weighted by atomic mass is 9.84. The summed E-state index contributed by atoms with van der Waals surface area (Å²) in [6, 6.07) is 1.68. The molecule has 4 heteroatoms. The van der Waals surface area contributed by atoms with Crippen LogP contribution in [0.5, 0.6) is 0 Å². The molecule has 0 saturated heterocycles. The van der Waals surface area contributed by atoms with Gasteiger partial charge in [-0.05, 0) is 24.8 Å². The summed E-state index contributed by atoms with van der Waals surface area (Å²) in [4.78, 5) is 13.5. The SMILES string of the molecule is CN(CC1CC(Cl)C1)C(=O)c1ccoc1. The van der Waals surface area contributed by atoms with Gasteiger partial charge in [0, 0.05) is 19.0 Å². The summed E-state index contributed by atoms with van der Waals surface area (Å²) in [6.07, 6.45) is 5.03. The molecule has 0 atom stereocenters. The van der Waals surface area contributed by atoms with E-state index in [0.29, 0.717) is 16.9 Å². The van der Waals surface area contributed by atoms with Gasteiger partial charge in [0.1, 0.15) is 6.26 Å². The van der Waals surface area contributed by atoms with Crippen molar-refractivity contribution in [1.82, 2.24) is 4.90 Å². The van der Waals surface area contributed by atoms with Crippen molar-refractivity contribution in [2.45, 2.75) is 18.2 Å². The lowest BCUT2D eigenvalue weighted by Gasteiger charge is -2.33. The van der Waals surface area contributed by atoms with Crippen molar-refractivity contribution >= 4 is 17.5 Å². The van der Waals surface area contributed by atoms with Gasteiger partial charge in [0.25, 0.3) is 5.91 Å². The summed E-state index contributed by atoms with van der Waals surface area (Å²) in [5, 5.41) is 0.312. The minimum atomic E-state index is 0.0155. The standard InChI is InChI=1S/C11H14ClNO2/c1-13(6-8-4-10(12)5-8)11(14)9-2-3-15-7-9/h2-3,7-8,10H,4-6H2,1H3. The van der Waals surface area contributed by atoms with Crippen LogP contribution >= 0.6 is 11.6 Å². The van der Waals surface area contributed by atoms with E-state index in [0.717, 1.165) is 19.4 Å². The van der Waals surface area contributed by atoms with Gasteiger partial charge < -0.3 is 9.32 Å². The van der Waals surface area contributed by atoms with Gasteiger partial charge in [-0.2, -0.15) is 0 Å². The molecule has 1 saturated carbocycles. The number of nitrogens with zero attached hydrogens (tertiary/aromatic N) is 1. The minimum Gasteiger partial charge on any atom is -0.472 e. The van der Waals surface area contributed by atoms with E-state index in [2.05, 4.69) is 0 Å². The van der Waals surface area contributed by atoms with Crippen LogP contribution in [0.15, 0.2) is 23.0 Å². The highest BCUT2D eigenvalue weighted by Crippen LogP contribution is 2.32. The summed E-state index contributed by atoms with van der Waals surface area (Å²) < 4.78 is 4.88. The Bertz CT molecular complexity index is 330. The maximum atomic E-state index is 11.8. The maximum absolute atomic E-state index is 11.8. The Hall–Kier alpha value is -0.960. The van der Waals surface area contributed by atoms with Gasteiger partial charge in [0.05, 0.1) is 11.8 Å². The van der Waals surface area contributed by atoms with Crippen LogP contribution in [0.4, 0.5) is 0 Å². The number of carbonyl (C=O) groups excluding carboxylic acids is 1. The first-order valence-corrected chi connectivity index (χ1v) is 5.52. The van der Waals surface area contributed by atoms with Crippen LogP contribution < -0.4 is 0 Å². The molecule has 0 aromatic carbocycles. The van der Waals surface area contributed by atoms with E-state index in [9.17, 15) is 4.79 Å². The summed E-state index contributed by atoms with van der Waals surface area (Å²) in [6.45, 7) is 0.785. The van der Waals surface area contributed by atoms with E-state index in [1.54, 1.807) is 11.0 Å². The molecular formula is C11H14ClNO2. The Morgan fingerprint density at radius 3 is 2.93 bits per heavy atom. The quantitative estimate of drug-likeness (QED) is 0.743. The molecule has 1 fully saturated rings. The number of hydrogen-bond donors (Lipinski definition) is 0. The van der Waals surface area contributed by atoms with E-state index >= 15 is 0 Å². The Labute approximate surface area is 94.0 Å². The number of rotatable bonds is 3. The molecule has 15 heavy (non-hydrogen) atoms. The van der Waals surface area contributed by atoms with Gasteiger partial charge in [0.2, 0.25) is 0 Å². The Morgan fingerprint density at radius 2 is 2.40 bits per heavy atom. The highest BCUT2D eigenvalue weighted by atomic mass is 35.5. The second-order valence-electron chi connectivity index (χ2n) is 4.13. The van der Waals surface area contributed by atoms with Crippen molar-refractivity contribution in [3.8, 4) is 0 Å². The zero-order valence-electron chi connectivity index (χ0n) is 8.65. The van der Waals surface area contributed by atoms with Gasteiger partial charge in [-0.3, -0.25) is 4.79 Å². The average molecular weight is 228 g/mol.